The van der Waals surface area contributed by atoms with Crippen molar-refractivity contribution in [2.24, 2.45) is 0 Å². The van der Waals surface area contributed by atoms with E-state index in [4.69, 9.17) is 18.9 Å². The van der Waals surface area contributed by atoms with E-state index in [1.165, 1.54) is 24.3 Å². The Hall–Kier alpha value is -4.90. The van der Waals surface area contributed by atoms with Crippen molar-refractivity contribution >= 4 is 23.2 Å². The average molecular weight is 579 g/mol. The van der Waals surface area contributed by atoms with Crippen LogP contribution in [0.4, 0.5) is 5.69 Å². The van der Waals surface area contributed by atoms with Crippen LogP contribution in [0.5, 0.6) is 0 Å². The van der Waals surface area contributed by atoms with E-state index in [1.807, 2.05) is 0 Å². The fraction of sp³-hybridized carbons (Fsp3) is 0.308. The Kier molecular flexibility index (Phi) is 6.82. The van der Waals surface area contributed by atoms with Crippen molar-refractivity contribution in [3.8, 4) is 0 Å². The van der Waals surface area contributed by atoms with Crippen molar-refractivity contribution in [3.05, 3.63) is 101 Å². The van der Waals surface area contributed by atoms with Gasteiger partial charge in [0, 0.05) is 29.8 Å². The van der Waals surface area contributed by atoms with E-state index in [-0.39, 0.29) is 29.8 Å². The number of rotatable bonds is 7. The molecule has 1 amide bonds. The lowest BCUT2D eigenvalue weighted by atomic mass is 9.82. The molecule has 1 aromatic heterocycles. The Balaban J connectivity index is 1.28. The maximum absolute atomic E-state index is 13.3. The van der Waals surface area contributed by atoms with E-state index in [2.05, 4.69) is 15.4 Å². The van der Waals surface area contributed by atoms with Crippen LogP contribution in [0.25, 0.3) is 0 Å². The van der Waals surface area contributed by atoms with Gasteiger partial charge in [0.1, 0.15) is 35.6 Å². The zero-order chi connectivity index (χ0) is 29.7. The highest BCUT2D eigenvalue weighted by atomic mass is 16.9. The second kappa shape index (κ2) is 10.5. The number of ether oxygens (including phenoxy) is 4. The number of amides is 1. The highest BCUT2D eigenvalue weighted by molar-refractivity contribution is 6.30. The quantitative estimate of drug-likeness (QED) is 0.220. The van der Waals surface area contributed by atoms with Crippen molar-refractivity contribution in [1.29, 1.82) is 0 Å². The molecule has 0 bridgehead atoms. The summed E-state index contributed by atoms with van der Waals surface area (Å²) < 4.78 is 23.6. The number of ketones is 2. The summed E-state index contributed by atoms with van der Waals surface area (Å²) in [7, 11) is 0. The SMILES string of the molecule is CCOC1OC2C(CNC(=O)c3ccc4c(c3[N+](=O)[O-])C(=O)c3ccccc3C4=O)OC(n3ncc(=O)[nH]c3=O)C2O1. The lowest BCUT2D eigenvalue weighted by Crippen LogP contribution is -2.39. The number of nitro groups is 1. The normalized spacial score (nSPS) is 24.2. The molecule has 2 aliphatic heterocycles. The number of nitrogens with zero attached hydrogens (tertiary/aromatic N) is 3. The van der Waals surface area contributed by atoms with Gasteiger partial charge in [-0.25, -0.2) is 4.79 Å². The maximum atomic E-state index is 13.3. The van der Waals surface area contributed by atoms with Gasteiger partial charge < -0.3 is 24.3 Å². The summed E-state index contributed by atoms with van der Waals surface area (Å²) in [5, 5.41) is 18.5. The Bertz CT molecular complexity index is 1770. The van der Waals surface area contributed by atoms with Gasteiger partial charge in [-0.05, 0) is 19.1 Å². The van der Waals surface area contributed by atoms with Gasteiger partial charge in [0.25, 0.3) is 23.6 Å². The third-order valence-corrected chi connectivity index (χ3v) is 7.06. The molecule has 16 heteroatoms. The molecule has 0 radical (unpaired) electrons. The van der Waals surface area contributed by atoms with Gasteiger partial charge in [-0.15, -0.1) is 0 Å². The second-order valence-electron chi connectivity index (χ2n) is 9.45. The first-order chi connectivity index (χ1) is 20.2. The Morgan fingerprint density at radius 1 is 1.05 bits per heavy atom. The highest BCUT2D eigenvalue weighted by Crippen LogP contribution is 2.39. The number of aromatic amines is 1. The minimum atomic E-state index is -1.17. The van der Waals surface area contributed by atoms with Crippen LogP contribution >= 0.6 is 0 Å². The molecule has 3 aromatic rings. The van der Waals surface area contributed by atoms with Crippen LogP contribution in [-0.2, 0) is 18.9 Å². The summed E-state index contributed by atoms with van der Waals surface area (Å²) in [5.74, 6) is -2.24. The standard InChI is InChI=1S/C26H21N5O11/c1-2-39-26-41-21-15(40-24(22(21)42-26)30-25(36)29-16(32)10-28-30)9-27-23(35)14-8-7-13-17(18(14)31(37)38)20(34)12-6-4-3-5-11(12)19(13)33/h3-8,10,15,21-22,24,26H,2,9H2,1H3,(H,27,35)(H,29,32,36). The van der Waals surface area contributed by atoms with Crippen molar-refractivity contribution in [2.45, 2.75) is 37.9 Å². The number of hydrogen-bond acceptors (Lipinski definition) is 12. The Morgan fingerprint density at radius 3 is 2.45 bits per heavy atom. The van der Waals surface area contributed by atoms with E-state index in [1.54, 1.807) is 13.0 Å². The second-order valence-corrected chi connectivity index (χ2v) is 9.45. The molecule has 5 atom stereocenters. The smallest absolute Gasteiger partial charge is 0.347 e. The summed E-state index contributed by atoms with van der Waals surface area (Å²) in [4.78, 5) is 76.7. The van der Waals surface area contributed by atoms with E-state index >= 15 is 0 Å². The van der Waals surface area contributed by atoms with Crippen LogP contribution < -0.4 is 16.6 Å². The van der Waals surface area contributed by atoms with Crippen LogP contribution in [0, 0.1) is 10.1 Å². The summed E-state index contributed by atoms with van der Waals surface area (Å²) in [5.41, 5.74) is -3.37. The molecule has 0 saturated carbocycles. The predicted octanol–water partition coefficient (Wildman–Crippen LogP) is 0.0467. The first-order valence-electron chi connectivity index (χ1n) is 12.7. The molecule has 2 N–H and O–H groups in total. The molecule has 2 aromatic carbocycles. The number of carbonyl (C=O) groups excluding carboxylic acids is 3. The van der Waals surface area contributed by atoms with Gasteiger partial charge in [0.2, 0.25) is 5.78 Å². The minimum Gasteiger partial charge on any atom is -0.349 e. The van der Waals surface area contributed by atoms with Crippen LogP contribution in [0.15, 0.2) is 52.2 Å². The molecule has 3 heterocycles. The third kappa shape index (κ3) is 4.42. The molecule has 16 nitrogen and oxygen atoms in total. The van der Waals surface area contributed by atoms with Crippen LogP contribution in [0.1, 0.15) is 55.4 Å². The van der Waals surface area contributed by atoms with Crippen LogP contribution in [-0.4, -0.2) is 75.1 Å². The molecule has 216 valence electrons. The minimum absolute atomic E-state index is 0.000408. The molecular formula is C26H21N5O11. The Labute approximate surface area is 234 Å². The molecule has 0 spiro atoms. The highest BCUT2D eigenvalue weighted by Gasteiger charge is 2.54. The van der Waals surface area contributed by atoms with Gasteiger partial charge in [0.05, 0.1) is 4.92 Å². The van der Waals surface area contributed by atoms with E-state index in [9.17, 15) is 34.1 Å². The number of benzene rings is 2. The lowest BCUT2D eigenvalue weighted by molar-refractivity contribution is -0.385. The van der Waals surface area contributed by atoms with Crippen molar-refractivity contribution < 1.29 is 38.3 Å². The van der Waals surface area contributed by atoms with Crippen LogP contribution in [0.2, 0.25) is 0 Å². The van der Waals surface area contributed by atoms with Crippen molar-refractivity contribution in [2.75, 3.05) is 13.2 Å². The molecule has 1 aliphatic carbocycles. The zero-order valence-corrected chi connectivity index (χ0v) is 21.7. The monoisotopic (exact) mass is 579 g/mol. The molecule has 42 heavy (non-hydrogen) atoms. The number of aromatic nitrogens is 3. The van der Waals surface area contributed by atoms with Gasteiger partial charge >= 0.3 is 5.69 Å². The first-order valence-corrected chi connectivity index (χ1v) is 12.7. The number of hydrogen-bond donors (Lipinski definition) is 2. The molecule has 5 unspecified atom stereocenters. The molecule has 6 rings (SSSR count). The fourth-order valence-electron chi connectivity index (χ4n) is 5.26. The molecule has 3 aliphatic rings. The van der Waals surface area contributed by atoms with Crippen LogP contribution in [0.3, 0.4) is 0 Å². The summed E-state index contributed by atoms with van der Waals surface area (Å²) in [6.45, 7) is 0.562. The lowest BCUT2D eigenvalue weighted by Gasteiger charge is -2.21. The van der Waals surface area contributed by atoms with E-state index < -0.39 is 81.5 Å². The van der Waals surface area contributed by atoms with Gasteiger partial charge in [0.15, 0.2) is 12.0 Å². The van der Waals surface area contributed by atoms with Gasteiger partial charge in [-0.3, -0.25) is 34.3 Å². The predicted molar refractivity (Wildman–Crippen MR) is 137 cm³/mol. The third-order valence-electron chi connectivity index (χ3n) is 7.06. The number of nitro benzene ring substituents is 1. The number of H-pyrrole nitrogens is 1. The van der Waals surface area contributed by atoms with Crippen molar-refractivity contribution in [1.82, 2.24) is 20.1 Å². The number of carbonyl (C=O) groups is 3. The molecule has 2 saturated heterocycles. The summed E-state index contributed by atoms with van der Waals surface area (Å²) >= 11 is 0. The topological polar surface area (TPSA) is 211 Å². The fourth-order valence-corrected chi connectivity index (χ4v) is 5.26. The van der Waals surface area contributed by atoms with E-state index in [0.29, 0.717) is 0 Å². The summed E-state index contributed by atoms with van der Waals surface area (Å²) in [6.07, 6.45) is -3.05. The molecular weight excluding hydrogens is 558 g/mol. The largest absolute Gasteiger partial charge is 0.349 e. The van der Waals surface area contributed by atoms with Gasteiger partial charge in [-0.2, -0.15) is 9.78 Å². The van der Waals surface area contributed by atoms with Crippen molar-refractivity contribution in [3.63, 3.8) is 0 Å². The zero-order valence-electron chi connectivity index (χ0n) is 21.7. The Morgan fingerprint density at radius 2 is 1.76 bits per heavy atom. The summed E-state index contributed by atoms with van der Waals surface area (Å²) in [6, 6.07) is 8.26. The average Bonchev–Trinajstić information content (AvgIpc) is 3.53. The molecule has 2 fully saturated rings. The number of nitrogens with one attached hydrogen (secondary N) is 2. The first kappa shape index (κ1) is 27.3. The maximum Gasteiger partial charge on any atom is 0.347 e. The van der Waals surface area contributed by atoms with E-state index in [0.717, 1.165) is 16.9 Å². The number of fused-ring (bicyclic) bond motifs is 3. The van der Waals surface area contributed by atoms with Gasteiger partial charge in [-0.1, -0.05) is 24.3 Å².